The molecule has 0 aliphatic heterocycles. The molecule has 0 aliphatic rings. The lowest BCUT2D eigenvalue weighted by Crippen LogP contribution is -2.13. The summed E-state index contributed by atoms with van der Waals surface area (Å²) < 4.78 is 2.16. The van der Waals surface area contributed by atoms with Crippen molar-refractivity contribution in [2.24, 2.45) is 0 Å². The number of nitrogens with two attached hydrogens (primary N) is 1. The smallest absolute Gasteiger partial charge is 0.255 e. The Kier molecular flexibility index (Phi) is 4.91. The van der Waals surface area contributed by atoms with Gasteiger partial charge in [0.2, 0.25) is 5.95 Å². The number of carbonyl (C=O) groups is 1. The van der Waals surface area contributed by atoms with Crippen molar-refractivity contribution in [3.8, 4) is 0 Å². The third-order valence-electron chi connectivity index (χ3n) is 4.72. The summed E-state index contributed by atoms with van der Waals surface area (Å²) in [6.45, 7) is 4.25. The van der Waals surface area contributed by atoms with Crippen LogP contribution in [0.25, 0.3) is 11.0 Å². The Hall–Kier alpha value is -3.80. The average Bonchev–Trinajstić information content (AvgIpc) is 3.08. The van der Waals surface area contributed by atoms with Crippen LogP contribution in [-0.2, 0) is 0 Å². The lowest BCUT2D eigenvalue weighted by molar-refractivity contribution is 0.102. The Morgan fingerprint density at radius 1 is 0.966 bits per heavy atom. The Bertz CT molecular complexity index is 1160. The molecule has 4 rings (SSSR count). The summed E-state index contributed by atoms with van der Waals surface area (Å²) in [6.07, 6.45) is 0. The van der Waals surface area contributed by atoms with E-state index in [1.54, 1.807) is 24.3 Å². The number of carbonyl (C=O) groups excluding carboxylic acids is 1. The SMILES string of the molecule is CC(C)n1c(Nc2ccc(C(=O)Nc3ccccc3N)cc2)nc2ccccc21. The highest BCUT2D eigenvalue weighted by Gasteiger charge is 2.13. The van der Waals surface area contributed by atoms with Gasteiger partial charge in [0.05, 0.1) is 22.4 Å². The van der Waals surface area contributed by atoms with Gasteiger partial charge in [0.25, 0.3) is 5.91 Å². The normalized spacial score (nSPS) is 11.0. The summed E-state index contributed by atoms with van der Waals surface area (Å²) in [7, 11) is 0. The molecule has 0 atom stereocenters. The van der Waals surface area contributed by atoms with Crippen molar-refractivity contribution in [1.82, 2.24) is 9.55 Å². The zero-order valence-corrected chi connectivity index (χ0v) is 16.4. The molecule has 3 aromatic carbocycles. The van der Waals surface area contributed by atoms with Crippen molar-refractivity contribution in [3.63, 3.8) is 0 Å². The second-order valence-corrected chi connectivity index (χ2v) is 7.13. The molecular weight excluding hydrogens is 362 g/mol. The molecule has 1 aromatic heterocycles. The molecule has 0 aliphatic carbocycles. The second-order valence-electron chi connectivity index (χ2n) is 7.13. The Morgan fingerprint density at radius 2 is 1.66 bits per heavy atom. The van der Waals surface area contributed by atoms with E-state index < -0.39 is 0 Å². The molecule has 1 heterocycles. The lowest BCUT2D eigenvalue weighted by Gasteiger charge is -2.14. The van der Waals surface area contributed by atoms with E-state index in [1.807, 2.05) is 42.5 Å². The van der Waals surface area contributed by atoms with Crippen molar-refractivity contribution in [1.29, 1.82) is 0 Å². The van der Waals surface area contributed by atoms with Gasteiger partial charge in [-0.15, -0.1) is 0 Å². The van der Waals surface area contributed by atoms with Crippen LogP contribution >= 0.6 is 0 Å². The average molecular weight is 385 g/mol. The van der Waals surface area contributed by atoms with Crippen molar-refractivity contribution in [2.75, 3.05) is 16.4 Å². The van der Waals surface area contributed by atoms with Crippen LogP contribution < -0.4 is 16.4 Å². The molecule has 6 heteroatoms. The van der Waals surface area contributed by atoms with Gasteiger partial charge in [0, 0.05) is 17.3 Å². The molecule has 1 amide bonds. The molecule has 0 spiro atoms. The van der Waals surface area contributed by atoms with E-state index in [9.17, 15) is 4.79 Å². The van der Waals surface area contributed by atoms with E-state index in [2.05, 4.69) is 35.1 Å². The number of nitrogens with one attached hydrogen (secondary N) is 2. The van der Waals surface area contributed by atoms with Gasteiger partial charge in [0.15, 0.2) is 0 Å². The molecule has 4 aromatic rings. The van der Waals surface area contributed by atoms with Crippen molar-refractivity contribution >= 4 is 40.0 Å². The third kappa shape index (κ3) is 3.78. The van der Waals surface area contributed by atoms with Crippen LogP contribution in [0.2, 0.25) is 0 Å². The molecule has 6 nitrogen and oxygen atoms in total. The number of fused-ring (bicyclic) bond motifs is 1. The molecule has 0 unspecified atom stereocenters. The number of hydrogen-bond acceptors (Lipinski definition) is 4. The minimum absolute atomic E-state index is 0.205. The lowest BCUT2D eigenvalue weighted by atomic mass is 10.2. The number of rotatable bonds is 5. The predicted molar refractivity (Wildman–Crippen MR) is 119 cm³/mol. The summed E-state index contributed by atoms with van der Waals surface area (Å²) in [6, 6.07) is 22.8. The summed E-state index contributed by atoms with van der Waals surface area (Å²) >= 11 is 0. The van der Waals surface area contributed by atoms with Crippen LogP contribution in [0.1, 0.15) is 30.2 Å². The first-order valence-electron chi connectivity index (χ1n) is 9.53. The molecule has 0 fully saturated rings. The highest BCUT2D eigenvalue weighted by atomic mass is 16.1. The first-order chi connectivity index (χ1) is 14.0. The maximum Gasteiger partial charge on any atom is 0.255 e. The summed E-state index contributed by atoms with van der Waals surface area (Å²) in [5.74, 6) is 0.569. The second kappa shape index (κ2) is 7.67. The fourth-order valence-electron chi connectivity index (χ4n) is 3.29. The number of imidazole rings is 1. The standard InChI is InChI=1S/C23H23N5O/c1-15(2)28-21-10-6-5-9-20(21)27-23(28)25-17-13-11-16(12-14-17)22(29)26-19-8-4-3-7-18(19)24/h3-15H,24H2,1-2H3,(H,25,27)(H,26,29). The van der Waals surface area contributed by atoms with Gasteiger partial charge in [-0.1, -0.05) is 24.3 Å². The van der Waals surface area contributed by atoms with Crippen molar-refractivity contribution < 1.29 is 4.79 Å². The molecule has 0 radical (unpaired) electrons. The predicted octanol–water partition coefficient (Wildman–Crippen LogP) is 5.20. The summed E-state index contributed by atoms with van der Waals surface area (Å²) in [5, 5.41) is 6.21. The highest BCUT2D eigenvalue weighted by Crippen LogP contribution is 2.27. The van der Waals surface area contributed by atoms with Crippen LogP contribution in [0.5, 0.6) is 0 Å². The van der Waals surface area contributed by atoms with E-state index in [0.29, 0.717) is 16.9 Å². The number of nitrogens with zero attached hydrogens (tertiary/aromatic N) is 2. The molecule has 0 bridgehead atoms. The van der Waals surface area contributed by atoms with Crippen molar-refractivity contribution in [2.45, 2.75) is 19.9 Å². The highest BCUT2D eigenvalue weighted by molar-refractivity contribution is 6.05. The fourth-order valence-corrected chi connectivity index (χ4v) is 3.29. The van der Waals surface area contributed by atoms with E-state index in [4.69, 9.17) is 10.7 Å². The van der Waals surface area contributed by atoms with E-state index in [0.717, 1.165) is 22.7 Å². The molecule has 0 saturated carbocycles. The monoisotopic (exact) mass is 385 g/mol. The number of anilines is 4. The van der Waals surface area contributed by atoms with Gasteiger partial charge >= 0.3 is 0 Å². The molecule has 29 heavy (non-hydrogen) atoms. The van der Waals surface area contributed by atoms with Gasteiger partial charge in [0.1, 0.15) is 0 Å². The first-order valence-corrected chi connectivity index (χ1v) is 9.53. The van der Waals surface area contributed by atoms with Crippen LogP contribution in [0.3, 0.4) is 0 Å². The maximum absolute atomic E-state index is 12.5. The minimum Gasteiger partial charge on any atom is -0.397 e. The fraction of sp³-hybridized carbons (Fsp3) is 0.130. The minimum atomic E-state index is -0.205. The number of amides is 1. The number of para-hydroxylation sites is 4. The number of benzene rings is 3. The zero-order valence-electron chi connectivity index (χ0n) is 16.4. The Labute approximate surface area is 169 Å². The van der Waals surface area contributed by atoms with Gasteiger partial charge in [-0.25, -0.2) is 4.98 Å². The number of aromatic nitrogens is 2. The van der Waals surface area contributed by atoms with Gasteiger partial charge < -0.3 is 20.9 Å². The largest absolute Gasteiger partial charge is 0.397 e. The number of hydrogen-bond donors (Lipinski definition) is 3. The van der Waals surface area contributed by atoms with Crippen LogP contribution in [-0.4, -0.2) is 15.5 Å². The van der Waals surface area contributed by atoms with Crippen LogP contribution in [0, 0.1) is 0 Å². The summed E-state index contributed by atoms with van der Waals surface area (Å²) in [4.78, 5) is 17.2. The molecule has 0 saturated heterocycles. The topological polar surface area (TPSA) is 85.0 Å². The Balaban J connectivity index is 1.55. The molecule has 146 valence electrons. The van der Waals surface area contributed by atoms with Crippen LogP contribution in [0.4, 0.5) is 23.0 Å². The molecule has 4 N–H and O–H groups in total. The Morgan fingerprint density at radius 3 is 2.38 bits per heavy atom. The van der Waals surface area contributed by atoms with E-state index >= 15 is 0 Å². The van der Waals surface area contributed by atoms with Gasteiger partial charge in [-0.3, -0.25) is 4.79 Å². The maximum atomic E-state index is 12.5. The van der Waals surface area contributed by atoms with Crippen molar-refractivity contribution in [3.05, 3.63) is 78.4 Å². The van der Waals surface area contributed by atoms with E-state index in [-0.39, 0.29) is 11.9 Å². The summed E-state index contributed by atoms with van der Waals surface area (Å²) in [5.41, 5.74) is 10.5. The van der Waals surface area contributed by atoms with Gasteiger partial charge in [-0.2, -0.15) is 0 Å². The number of nitrogen functional groups attached to an aromatic ring is 1. The third-order valence-corrected chi connectivity index (χ3v) is 4.72. The quantitative estimate of drug-likeness (QED) is 0.413. The van der Waals surface area contributed by atoms with E-state index in [1.165, 1.54) is 0 Å². The first kappa shape index (κ1) is 18.6. The van der Waals surface area contributed by atoms with Gasteiger partial charge in [-0.05, 0) is 62.4 Å². The zero-order chi connectivity index (χ0) is 20.4. The molecular formula is C23H23N5O. The van der Waals surface area contributed by atoms with Crippen LogP contribution in [0.15, 0.2) is 72.8 Å².